The number of methoxy groups -OCH3 is 2. The summed E-state index contributed by atoms with van der Waals surface area (Å²) in [5.41, 5.74) is 1.49. The Balaban J connectivity index is 1.80. The molecule has 3 aromatic carbocycles. The first kappa shape index (κ1) is 21.6. The predicted molar refractivity (Wildman–Crippen MR) is 118 cm³/mol. The highest BCUT2D eigenvalue weighted by Gasteiger charge is 2.15. The van der Waals surface area contributed by atoms with Crippen LogP contribution >= 0.6 is 0 Å². The normalized spacial score (nSPS) is 10.5. The van der Waals surface area contributed by atoms with Crippen molar-refractivity contribution < 1.29 is 23.5 Å². The Morgan fingerprint density at radius 1 is 0.839 bits per heavy atom. The second-order valence-corrected chi connectivity index (χ2v) is 6.42. The molecule has 31 heavy (non-hydrogen) atoms. The Hall–Kier alpha value is -4.13. The third-order valence-corrected chi connectivity index (χ3v) is 4.38. The van der Waals surface area contributed by atoms with E-state index >= 15 is 0 Å². The Labute approximate surface area is 179 Å². The molecular weight excluding hydrogens is 399 g/mol. The van der Waals surface area contributed by atoms with Crippen LogP contribution in [-0.4, -0.2) is 26.0 Å². The maximum atomic E-state index is 13.7. The minimum absolute atomic E-state index is 0.293. The maximum Gasteiger partial charge on any atom is 0.255 e. The molecule has 3 rings (SSSR count). The molecule has 0 unspecified atom stereocenters. The molecule has 0 spiro atoms. The van der Waals surface area contributed by atoms with Crippen LogP contribution in [-0.2, 0) is 4.79 Å². The molecule has 0 radical (unpaired) electrons. The van der Waals surface area contributed by atoms with Gasteiger partial charge in [-0.1, -0.05) is 36.4 Å². The summed E-state index contributed by atoms with van der Waals surface area (Å²) in [5, 5.41) is 5.45. The van der Waals surface area contributed by atoms with E-state index in [0.29, 0.717) is 34.0 Å². The fraction of sp³-hybridized carbons (Fsp3) is 0.0833. The number of rotatable bonds is 7. The van der Waals surface area contributed by atoms with Gasteiger partial charge in [0.2, 0.25) is 5.91 Å². The van der Waals surface area contributed by atoms with E-state index in [9.17, 15) is 14.0 Å². The Kier molecular flexibility index (Phi) is 7.01. The molecule has 0 aliphatic heterocycles. The van der Waals surface area contributed by atoms with Gasteiger partial charge in [0, 0.05) is 29.3 Å². The number of nitrogens with one attached hydrogen (secondary N) is 2. The monoisotopic (exact) mass is 420 g/mol. The van der Waals surface area contributed by atoms with Crippen LogP contribution in [0.3, 0.4) is 0 Å². The average Bonchev–Trinajstić information content (AvgIpc) is 2.79. The van der Waals surface area contributed by atoms with Crippen molar-refractivity contribution in [2.75, 3.05) is 24.9 Å². The van der Waals surface area contributed by atoms with Gasteiger partial charge in [-0.25, -0.2) is 4.39 Å². The SMILES string of the molecule is COc1cc(NC(=O)c2ccccc2)c(OC)cc1NC(=O)/C=C/c1ccccc1F. The smallest absolute Gasteiger partial charge is 0.255 e. The molecule has 0 aliphatic carbocycles. The third kappa shape index (κ3) is 5.48. The summed E-state index contributed by atoms with van der Waals surface area (Å²) >= 11 is 0. The highest BCUT2D eigenvalue weighted by atomic mass is 19.1. The number of amides is 2. The topological polar surface area (TPSA) is 76.7 Å². The van der Waals surface area contributed by atoms with Gasteiger partial charge in [-0.05, 0) is 24.3 Å². The molecule has 0 saturated heterocycles. The second-order valence-electron chi connectivity index (χ2n) is 6.42. The number of hydrogen-bond donors (Lipinski definition) is 2. The lowest BCUT2D eigenvalue weighted by molar-refractivity contribution is -0.111. The summed E-state index contributed by atoms with van der Waals surface area (Å²) in [6, 6.07) is 17.9. The van der Waals surface area contributed by atoms with Gasteiger partial charge in [0.05, 0.1) is 25.6 Å². The van der Waals surface area contributed by atoms with Crippen molar-refractivity contribution in [2.24, 2.45) is 0 Å². The molecule has 0 saturated carbocycles. The van der Waals surface area contributed by atoms with Crippen molar-refractivity contribution in [3.8, 4) is 11.5 Å². The highest BCUT2D eigenvalue weighted by molar-refractivity contribution is 6.06. The van der Waals surface area contributed by atoms with Crippen LogP contribution in [0.15, 0.2) is 72.8 Å². The van der Waals surface area contributed by atoms with Crippen LogP contribution in [0.5, 0.6) is 11.5 Å². The molecule has 3 aromatic rings. The maximum absolute atomic E-state index is 13.7. The lowest BCUT2D eigenvalue weighted by Crippen LogP contribution is -2.14. The minimum Gasteiger partial charge on any atom is -0.494 e. The first-order chi connectivity index (χ1) is 15.0. The number of ether oxygens (including phenoxy) is 2. The van der Waals surface area contributed by atoms with Crippen LogP contribution in [0.1, 0.15) is 15.9 Å². The van der Waals surface area contributed by atoms with Crippen molar-refractivity contribution in [1.29, 1.82) is 0 Å². The molecule has 2 N–H and O–H groups in total. The van der Waals surface area contributed by atoms with Gasteiger partial charge in [0.25, 0.3) is 5.91 Å². The zero-order valence-corrected chi connectivity index (χ0v) is 17.0. The Bertz CT molecular complexity index is 1110. The molecule has 6 nitrogen and oxygen atoms in total. The summed E-state index contributed by atoms with van der Waals surface area (Å²) in [6.45, 7) is 0. The number of carbonyl (C=O) groups excluding carboxylic acids is 2. The van der Waals surface area contributed by atoms with E-state index < -0.39 is 11.7 Å². The van der Waals surface area contributed by atoms with Gasteiger partial charge in [-0.2, -0.15) is 0 Å². The minimum atomic E-state index is -0.482. The van der Waals surface area contributed by atoms with E-state index in [2.05, 4.69) is 10.6 Å². The quantitative estimate of drug-likeness (QED) is 0.541. The largest absolute Gasteiger partial charge is 0.494 e. The van der Waals surface area contributed by atoms with Crippen molar-refractivity contribution >= 4 is 29.3 Å². The lowest BCUT2D eigenvalue weighted by Gasteiger charge is -2.16. The van der Waals surface area contributed by atoms with E-state index in [1.165, 1.54) is 38.5 Å². The van der Waals surface area contributed by atoms with E-state index in [-0.39, 0.29) is 5.91 Å². The van der Waals surface area contributed by atoms with Gasteiger partial charge in [0.1, 0.15) is 17.3 Å². The number of benzene rings is 3. The molecule has 0 fully saturated rings. The fourth-order valence-corrected chi connectivity index (χ4v) is 2.83. The number of halogens is 1. The molecule has 7 heteroatoms. The number of hydrogen-bond acceptors (Lipinski definition) is 4. The van der Waals surface area contributed by atoms with Gasteiger partial charge in [-0.15, -0.1) is 0 Å². The van der Waals surface area contributed by atoms with Gasteiger partial charge >= 0.3 is 0 Å². The third-order valence-electron chi connectivity index (χ3n) is 4.38. The number of carbonyl (C=O) groups is 2. The van der Waals surface area contributed by atoms with E-state index in [1.807, 2.05) is 6.07 Å². The summed E-state index contributed by atoms with van der Waals surface area (Å²) in [7, 11) is 2.89. The standard InChI is InChI=1S/C24H21FN2O4/c1-30-21-15-20(27-24(29)17-9-4-3-5-10-17)22(31-2)14-19(21)26-23(28)13-12-16-8-6-7-11-18(16)25/h3-15H,1-2H3,(H,26,28)(H,27,29)/b13-12+. The summed E-state index contributed by atoms with van der Waals surface area (Å²) in [4.78, 5) is 24.8. The molecule has 2 amide bonds. The first-order valence-electron chi connectivity index (χ1n) is 9.38. The van der Waals surface area contributed by atoms with E-state index in [0.717, 1.165) is 0 Å². The Morgan fingerprint density at radius 2 is 1.42 bits per heavy atom. The highest BCUT2D eigenvalue weighted by Crippen LogP contribution is 2.36. The molecule has 0 aliphatic rings. The van der Waals surface area contributed by atoms with Crippen LogP contribution < -0.4 is 20.1 Å². The van der Waals surface area contributed by atoms with Crippen LogP contribution in [0.4, 0.5) is 15.8 Å². The van der Waals surface area contributed by atoms with E-state index in [4.69, 9.17) is 9.47 Å². The molecule has 0 aromatic heterocycles. The molecule has 158 valence electrons. The molecule has 0 atom stereocenters. The average molecular weight is 420 g/mol. The van der Waals surface area contributed by atoms with Gasteiger partial charge < -0.3 is 20.1 Å². The van der Waals surface area contributed by atoms with Crippen molar-refractivity contribution in [3.63, 3.8) is 0 Å². The summed E-state index contributed by atoms with van der Waals surface area (Å²) < 4.78 is 24.4. The summed E-state index contributed by atoms with van der Waals surface area (Å²) in [5.74, 6) is -0.574. The first-order valence-corrected chi connectivity index (χ1v) is 9.38. The van der Waals surface area contributed by atoms with Crippen LogP contribution in [0.25, 0.3) is 6.08 Å². The van der Waals surface area contributed by atoms with Crippen LogP contribution in [0.2, 0.25) is 0 Å². The van der Waals surface area contributed by atoms with Gasteiger partial charge in [0.15, 0.2) is 0 Å². The zero-order valence-electron chi connectivity index (χ0n) is 17.0. The van der Waals surface area contributed by atoms with Crippen molar-refractivity contribution in [2.45, 2.75) is 0 Å². The molecule has 0 heterocycles. The predicted octanol–water partition coefficient (Wildman–Crippen LogP) is 4.75. The number of anilines is 2. The van der Waals surface area contributed by atoms with Crippen molar-refractivity contribution in [1.82, 2.24) is 0 Å². The second kappa shape index (κ2) is 10.1. The fourth-order valence-electron chi connectivity index (χ4n) is 2.83. The van der Waals surface area contributed by atoms with E-state index in [1.54, 1.807) is 48.5 Å². The molecular formula is C24H21FN2O4. The zero-order chi connectivity index (χ0) is 22.2. The lowest BCUT2D eigenvalue weighted by atomic mass is 10.2. The van der Waals surface area contributed by atoms with Crippen molar-refractivity contribution in [3.05, 3.63) is 89.8 Å². The van der Waals surface area contributed by atoms with Crippen LogP contribution in [0, 0.1) is 5.82 Å². The summed E-state index contributed by atoms with van der Waals surface area (Å²) in [6.07, 6.45) is 2.60. The Morgan fingerprint density at radius 3 is 2.03 bits per heavy atom. The molecule has 0 bridgehead atoms. The van der Waals surface area contributed by atoms with Gasteiger partial charge in [-0.3, -0.25) is 9.59 Å².